The van der Waals surface area contributed by atoms with Crippen LogP contribution in [0.4, 0.5) is 5.82 Å². The molecule has 1 fully saturated rings. The van der Waals surface area contributed by atoms with Crippen molar-refractivity contribution in [2.45, 2.75) is 6.92 Å². The van der Waals surface area contributed by atoms with Gasteiger partial charge in [-0.2, -0.15) is 4.31 Å². The van der Waals surface area contributed by atoms with Gasteiger partial charge in [-0.1, -0.05) is 0 Å². The van der Waals surface area contributed by atoms with E-state index in [0.717, 1.165) is 28.0 Å². The number of anilines is 1. The van der Waals surface area contributed by atoms with Gasteiger partial charge in [-0.15, -0.1) is 0 Å². The van der Waals surface area contributed by atoms with Crippen molar-refractivity contribution in [1.29, 1.82) is 0 Å². The van der Waals surface area contributed by atoms with Crippen LogP contribution < -0.4 is 4.90 Å². The number of rotatable bonds is 5. The second kappa shape index (κ2) is 7.61. The van der Waals surface area contributed by atoms with Crippen molar-refractivity contribution in [3.8, 4) is 5.82 Å². The number of carbonyl (C=O) groups excluding carboxylic acids is 1. The Morgan fingerprint density at radius 3 is 2.41 bits per heavy atom. The zero-order valence-electron chi connectivity index (χ0n) is 15.6. The topological polar surface area (TPSA) is 105 Å². The van der Waals surface area contributed by atoms with Gasteiger partial charge in [0.2, 0.25) is 15.9 Å². The zero-order valence-corrected chi connectivity index (χ0v) is 16.4. The molecular weight excluding hydrogens is 370 g/mol. The normalized spacial score (nSPS) is 15.4. The first-order valence-electron chi connectivity index (χ1n) is 8.52. The molecule has 3 rings (SSSR count). The first-order chi connectivity index (χ1) is 12.8. The van der Waals surface area contributed by atoms with E-state index in [1.54, 1.807) is 11.1 Å². The van der Waals surface area contributed by atoms with Crippen LogP contribution in [-0.4, -0.2) is 89.1 Å². The summed E-state index contributed by atoms with van der Waals surface area (Å²) in [6.45, 7) is 4.03. The Balaban J connectivity index is 1.63. The Hall–Kier alpha value is -2.53. The van der Waals surface area contributed by atoms with Crippen LogP contribution >= 0.6 is 0 Å². The van der Waals surface area contributed by atoms with Crippen molar-refractivity contribution in [1.82, 2.24) is 28.7 Å². The lowest BCUT2D eigenvalue weighted by molar-refractivity contribution is -0.131. The molecule has 1 amide bonds. The average molecular weight is 393 g/mol. The van der Waals surface area contributed by atoms with Gasteiger partial charge in [-0.25, -0.2) is 23.4 Å². The third kappa shape index (κ3) is 4.42. The van der Waals surface area contributed by atoms with Gasteiger partial charge in [-0.05, 0) is 6.92 Å². The van der Waals surface area contributed by atoms with Crippen LogP contribution in [0.5, 0.6) is 0 Å². The van der Waals surface area contributed by atoms with Crippen molar-refractivity contribution >= 4 is 21.7 Å². The summed E-state index contributed by atoms with van der Waals surface area (Å²) < 4.78 is 25.9. The number of aryl methyl sites for hydroxylation is 1. The molecule has 0 spiro atoms. The van der Waals surface area contributed by atoms with Crippen molar-refractivity contribution in [2.24, 2.45) is 0 Å². The van der Waals surface area contributed by atoms with E-state index in [2.05, 4.69) is 19.9 Å². The summed E-state index contributed by atoms with van der Waals surface area (Å²) in [6.07, 6.45) is 6.17. The highest BCUT2D eigenvalue weighted by atomic mass is 32.2. The molecule has 10 nitrogen and oxygen atoms in total. The van der Waals surface area contributed by atoms with E-state index >= 15 is 0 Å². The molecule has 2 aromatic heterocycles. The van der Waals surface area contributed by atoms with Crippen LogP contribution in [0.25, 0.3) is 5.82 Å². The molecule has 0 aromatic carbocycles. The van der Waals surface area contributed by atoms with Gasteiger partial charge >= 0.3 is 0 Å². The fourth-order valence-corrected chi connectivity index (χ4v) is 3.20. The third-order valence-corrected chi connectivity index (χ3v) is 5.85. The van der Waals surface area contributed by atoms with Crippen LogP contribution in [0.15, 0.2) is 24.8 Å². The Kier molecular flexibility index (Phi) is 5.42. The molecule has 0 atom stereocenters. The van der Waals surface area contributed by atoms with Gasteiger partial charge in [0.25, 0.3) is 0 Å². The standard InChI is InChI=1S/C16H23N7O3S/c1-13-17-4-5-23(13)15-10-14(18-12-19-15)21-6-8-22(9-7-21)16(24)11-20(2)27(3,25)26/h4-5,10,12H,6-9,11H2,1-3H3. The molecule has 3 heterocycles. The van der Waals surface area contributed by atoms with Crippen LogP contribution in [0.3, 0.4) is 0 Å². The van der Waals surface area contributed by atoms with E-state index in [-0.39, 0.29) is 12.5 Å². The fourth-order valence-electron chi connectivity index (χ4n) is 2.85. The smallest absolute Gasteiger partial charge is 0.238 e. The van der Waals surface area contributed by atoms with E-state index in [0.29, 0.717) is 26.2 Å². The average Bonchev–Trinajstić information content (AvgIpc) is 3.07. The third-order valence-electron chi connectivity index (χ3n) is 4.59. The second-order valence-electron chi connectivity index (χ2n) is 6.47. The van der Waals surface area contributed by atoms with E-state index in [1.807, 2.05) is 23.8 Å². The predicted molar refractivity (Wildman–Crippen MR) is 100 cm³/mol. The lowest BCUT2D eigenvalue weighted by Gasteiger charge is -2.36. The first-order valence-corrected chi connectivity index (χ1v) is 10.4. The molecule has 0 saturated carbocycles. The highest BCUT2D eigenvalue weighted by molar-refractivity contribution is 7.88. The Labute approximate surface area is 158 Å². The molecule has 146 valence electrons. The Morgan fingerprint density at radius 2 is 1.81 bits per heavy atom. The highest BCUT2D eigenvalue weighted by Crippen LogP contribution is 2.17. The molecule has 1 aliphatic heterocycles. The summed E-state index contributed by atoms with van der Waals surface area (Å²) >= 11 is 0. The van der Waals surface area contributed by atoms with E-state index in [1.165, 1.54) is 13.4 Å². The zero-order chi connectivity index (χ0) is 19.6. The minimum atomic E-state index is -3.37. The fraction of sp³-hybridized carbons (Fsp3) is 0.500. The Morgan fingerprint density at radius 1 is 1.15 bits per heavy atom. The van der Waals surface area contributed by atoms with Gasteiger partial charge in [-0.3, -0.25) is 9.36 Å². The van der Waals surface area contributed by atoms with Crippen LogP contribution in [0, 0.1) is 6.92 Å². The molecule has 11 heteroatoms. The first kappa shape index (κ1) is 19.2. The minimum Gasteiger partial charge on any atom is -0.353 e. The Bertz CT molecular complexity index is 920. The maximum atomic E-state index is 12.3. The number of nitrogens with zero attached hydrogens (tertiary/aromatic N) is 7. The molecule has 0 radical (unpaired) electrons. The lowest BCUT2D eigenvalue weighted by atomic mass is 10.3. The van der Waals surface area contributed by atoms with Crippen LogP contribution in [-0.2, 0) is 14.8 Å². The molecule has 0 N–H and O–H groups in total. The van der Waals surface area contributed by atoms with E-state index in [4.69, 9.17) is 0 Å². The number of likely N-dealkylation sites (N-methyl/N-ethyl adjacent to an activating group) is 1. The number of amides is 1. The predicted octanol–water partition coefficient (Wildman–Crippen LogP) is -0.489. The van der Waals surface area contributed by atoms with Gasteiger partial charge in [0.1, 0.15) is 23.8 Å². The number of hydrogen-bond donors (Lipinski definition) is 0. The van der Waals surface area contributed by atoms with Gasteiger partial charge < -0.3 is 9.80 Å². The number of piperazine rings is 1. The molecule has 2 aromatic rings. The molecule has 1 saturated heterocycles. The van der Waals surface area contributed by atoms with Crippen molar-refractivity contribution in [2.75, 3.05) is 50.9 Å². The summed E-state index contributed by atoms with van der Waals surface area (Å²) in [5.41, 5.74) is 0. The SMILES string of the molecule is Cc1nccn1-c1cc(N2CCN(C(=O)CN(C)S(C)(=O)=O)CC2)ncn1. The summed E-state index contributed by atoms with van der Waals surface area (Å²) in [7, 11) is -1.96. The van der Waals surface area contributed by atoms with Gasteiger partial charge in [0, 0.05) is 51.7 Å². The number of carbonyl (C=O) groups is 1. The molecular formula is C16H23N7O3S. The summed E-state index contributed by atoms with van der Waals surface area (Å²) in [5, 5.41) is 0. The number of imidazole rings is 1. The molecule has 1 aliphatic rings. The largest absolute Gasteiger partial charge is 0.353 e. The van der Waals surface area contributed by atoms with Gasteiger partial charge in [0.05, 0.1) is 12.8 Å². The maximum absolute atomic E-state index is 12.3. The van der Waals surface area contributed by atoms with Crippen LogP contribution in [0.2, 0.25) is 0 Å². The summed E-state index contributed by atoms with van der Waals surface area (Å²) in [4.78, 5) is 28.9. The van der Waals surface area contributed by atoms with E-state index in [9.17, 15) is 13.2 Å². The number of hydrogen-bond acceptors (Lipinski definition) is 7. The van der Waals surface area contributed by atoms with Crippen molar-refractivity contribution in [3.05, 3.63) is 30.6 Å². The summed E-state index contributed by atoms with van der Waals surface area (Å²) in [5.74, 6) is 2.17. The molecule has 0 aliphatic carbocycles. The number of sulfonamides is 1. The minimum absolute atomic E-state index is 0.142. The molecule has 27 heavy (non-hydrogen) atoms. The van der Waals surface area contributed by atoms with E-state index < -0.39 is 10.0 Å². The molecule has 0 unspecified atom stereocenters. The molecule has 0 bridgehead atoms. The van der Waals surface area contributed by atoms with Crippen molar-refractivity contribution in [3.63, 3.8) is 0 Å². The number of aromatic nitrogens is 4. The van der Waals surface area contributed by atoms with Crippen LogP contribution in [0.1, 0.15) is 5.82 Å². The van der Waals surface area contributed by atoms with Gasteiger partial charge in [0.15, 0.2) is 0 Å². The lowest BCUT2D eigenvalue weighted by Crippen LogP contribution is -2.51. The highest BCUT2D eigenvalue weighted by Gasteiger charge is 2.25. The monoisotopic (exact) mass is 393 g/mol. The maximum Gasteiger partial charge on any atom is 0.238 e. The second-order valence-corrected chi connectivity index (χ2v) is 8.56. The van der Waals surface area contributed by atoms with Crippen molar-refractivity contribution < 1.29 is 13.2 Å². The summed E-state index contributed by atoms with van der Waals surface area (Å²) in [6, 6.07) is 1.89. The quantitative estimate of drug-likeness (QED) is 0.675.